The van der Waals surface area contributed by atoms with E-state index in [9.17, 15) is 18.0 Å². The van der Waals surface area contributed by atoms with Crippen LogP contribution in [0.15, 0.2) is 40.4 Å². The van der Waals surface area contributed by atoms with Crippen LogP contribution in [0.2, 0.25) is 0 Å². The first-order chi connectivity index (χ1) is 17.6. The fraction of sp³-hybridized carbons (Fsp3) is 0.520. The van der Waals surface area contributed by atoms with Crippen LogP contribution in [0.25, 0.3) is 10.2 Å². The van der Waals surface area contributed by atoms with Gasteiger partial charge in [0.2, 0.25) is 15.9 Å². The highest BCUT2D eigenvalue weighted by Crippen LogP contribution is 2.35. The predicted octanol–water partition coefficient (Wildman–Crippen LogP) is 2.18. The molecule has 2 aliphatic heterocycles. The van der Waals surface area contributed by atoms with Crippen LogP contribution in [0.3, 0.4) is 0 Å². The van der Waals surface area contributed by atoms with Gasteiger partial charge >= 0.3 is 0 Å². The van der Waals surface area contributed by atoms with Gasteiger partial charge in [0.1, 0.15) is 22.1 Å². The summed E-state index contributed by atoms with van der Waals surface area (Å²) >= 11 is 1.20. The molecule has 0 spiro atoms. The number of hydrogen-bond acceptors (Lipinski definition) is 8. The molecule has 5 heterocycles. The van der Waals surface area contributed by atoms with Crippen molar-refractivity contribution < 1.29 is 13.2 Å². The summed E-state index contributed by atoms with van der Waals surface area (Å²) in [6.45, 7) is 8.82. The second-order valence-electron chi connectivity index (χ2n) is 10.2. The van der Waals surface area contributed by atoms with E-state index in [1.54, 1.807) is 18.0 Å². The number of anilines is 1. The lowest BCUT2D eigenvalue weighted by molar-refractivity contribution is -0.132. The highest BCUT2D eigenvalue weighted by Gasteiger charge is 2.36. The topological polar surface area (TPSA) is 109 Å². The highest BCUT2D eigenvalue weighted by atomic mass is 32.2. The molecule has 0 N–H and O–H groups in total. The summed E-state index contributed by atoms with van der Waals surface area (Å²) in [6, 6.07) is 5.74. The van der Waals surface area contributed by atoms with Crippen molar-refractivity contribution in [2.24, 2.45) is 11.8 Å². The maximum absolute atomic E-state index is 13.7. The fourth-order valence-electron chi connectivity index (χ4n) is 5.44. The summed E-state index contributed by atoms with van der Waals surface area (Å²) in [7, 11) is -3.88. The first-order valence-corrected chi connectivity index (χ1v) is 14.8. The van der Waals surface area contributed by atoms with Crippen LogP contribution in [0.4, 0.5) is 5.82 Å². The molecule has 3 aromatic rings. The molecular formula is C25H32N6O4S2. The number of carbonyl (C=O) groups is 1. The Morgan fingerprint density at radius 3 is 2.43 bits per heavy atom. The van der Waals surface area contributed by atoms with Crippen LogP contribution < -0.4 is 10.5 Å². The lowest BCUT2D eigenvalue weighted by atomic mass is 9.94. The van der Waals surface area contributed by atoms with Gasteiger partial charge in [-0.1, -0.05) is 19.9 Å². The number of sulfonamides is 1. The van der Waals surface area contributed by atoms with E-state index in [-0.39, 0.29) is 34.6 Å². The third-order valence-corrected chi connectivity index (χ3v) is 10.3. The summed E-state index contributed by atoms with van der Waals surface area (Å²) < 4.78 is 30.2. The van der Waals surface area contributed by atoms with Crippen LogP contribution in [0.5, 0.6) is 0 Å². The minimum atomic E-state index is -3.88. The lowest BCUT2D eigenvalue weighted by Gasteiger charge is -2.35. The van der Waals surface area contributed by atoms with Gasteiger partial charge in [0.05, 0.1) is 11.7 Å². The van der Waals surface area contributed by atoms with Gasteiger partial charge in [0.25, 0.3) is 5.56 Å². The number of rotatable bonds is 5. The average molecular weight is 545 g/mol. The molecule has 2 atom stereocenters. The van der Waals surface area contributed by atoms with Crippen molar-refractivity contribution in [2.45, 2.75) is 38.6 Å². The number of carbonyl (C=O) groups excluding carboxylic acids is 1. The highest BCUT2D eigenvalue weighted by molar-refractivity contribution is 7.89. The summed E-state index contributed by atoms with van der Waals surface area (Å²) in [5, 5.41) is 0.0867. The molecule has 0 saturated carbocycles. The second kappa shape index (κ2) is 10.1. The fourth-order valence-corrected chi connectivity index (χ4v) is 8.79. The molecule has 0 aromatic carbocycles. The summed E-state index contributed by atoms with van der Waals surface area (Å²) in [5.41, 5.74) is -0.494. The van der Waals surface area contributed by atoms with Gasteiger partial charge in [-0.25, -0.2) is 18.4 Å². The Balaban J connectivity index is 1.38. The smallest absolute Gasteiger partial charge is 0.263 e. The van der Waals surface area contributed by atoms with E-state index >= 15 is 0 Å². The van der Waals surface area contributed by atoms with E-state index in [1.807, 2.05) is 32.0 Å². The Morgan fingerprint density at radius 2 is 1.78 bits per heavy atom. The zero-order valence-corrected chi connectivity index (χ0v) is 23.0. The third kappa shape index (κ3) is 5.01. The molecule has 0 aliphatic carbocycles. The summed E-state index contributed by atoms with van der Waals surface area (Å²) in [5.74, 6) is 1.17. The van der Waals surface area contributed by atoms with Crippen molar-refractivity contribution in [3.8, 4) is 0 Å². The van der Waals surface area contributed by atoms with Gasteiger partial charge in [-0.3, -0.25) is 14.2 Å². The number of piperazine rings is 1. The monoisotopic (exact) mass is 544 g/mol. The van der Waals surface area contributed by atoms with E-state index in [4.69, 9.17) is 0 Å². The van der Waals surface area contributed by atoms with Crippen molar-refractivity contribution in [3.05, 3.63) is 46.0 Å². The molecule has 5 rings (SSSR count). The lowest BCUT2D eigenvalue weighted by Crippen LogP contribution is -2.50. The molecule has 37 heavy (non-hydrogen) atoms. The SMILES string of the molecule is Cc1sc2ncn(CC(=O)N3CCN(c4ccccn4)CC3)c(=O)c2c1S(=O)(=O)N1C[C@@H](C)C[C@H](C)C1. The van der Waals surface area contributed by atoms with E-state index in [0.29, 0.717) is 49.0 Å². The molecule has 0 radical (unpaired) electrons. The molecule has 10 nitrogen and oxygen atoms in total. The average Bonchev–Trinajstić information content (AvgIpc) is 3.23. The third-order valence-electron chi connectivity index (χ3n) is 7.14. The van der Waals surface area contributed by atoms with Crippen LogP contribution in [-0.4, -0.2) is 77.3 Å². The maximum Gasteiger partial charge on any atom is 0.263 e. The number of pyridine rings is 1. The van der Waals surface area contributed by atoms with Gasteiger partial charge in [-0.2, -0.15) is 4.31 Å². The van der Waals surface area contributed by atoms with Gasteiger partial charge in [-0.15, -0.1) is 11.3 Å². The van der Waals surface area contributed by atoms with Crippen LogP contribution >= 0.6 is 11.3 Å². The minimum Gasteiger partial charge on any atom is -0.353 e. The van der Waals surface area contributed by atoms with E-state index in [0.717, 1.165) is 12.2 Å². The largest absolute Gasteiger partial charge is 0.353 e. The van der Waals surface area contributed by atoms with Crippen molar-refractivity contribution in [2.75, 3.05) is 44.2 Å². The molecule has 0 unspecified atom stereocenters. The van der Waals surface area contributed by atoms with E-state index in [1.165, 1.54) is 26.5 Å². The quantitative estimate of drug-likeness (QED) is 0.484. The maximum atomic E-state index is 13.7. The molecule has 198 valence electrons. The molecule has 12 heteroatoms. The van der Waals surface area contributed by atoms with Crippen molar-refractivity contribution in [1.82, 2.24) is 23.7 Å². The number of amides is 1. The normalized spacial score (nSPS) is 21.5. The van der Waals surface area contributed by atoms with E-state index in [2.05, 4.69) is 14.9 Å². The molecule has 0 bridgehead atoms. The number of hydrogen-bond donors (Lipinski definition) is 0. The van der Waals surface area contributed by atoms with Crippen LogP contribution in [-0.2, 0) is 21.4 Å². The Labute approximate surface area is 220 Å². The summed E-state index contributed by atoms with van der Waals surface area (Å²) in [4.78, 5) is 40.2. The van der Waals surface area contributed by atoms with Crippen molar-refractivity contribution >= 4 is 43.3 Å². The molecule has 2 saturated heterocycles. The Morgan fingerprint density at radius 1 is 1.08 bits per heavy atom. The number of nitrogens with zero attached hydrogens (tertiary/aromatic N) is 6. The first kappa shape index (κ1) is 25.8. The Bertz CT molecular complexity index is 1450. The van der Waals surface area contributed by atoms with Gasteiger partial charge in [0.15, 0.2) is 0 Å². The number of thiophene rings is 1. The first-order valence-electron chi connectivity index (χ1n) is 12.6. The number of fused-ring (bicyclic) bond motifs is 1. The second-order valence-corrected chi connectivity index (χ2v) is 13.2. The molecule has 3 aromatic heterocycles. The van der Waals surface area contributed by atoms with Crippen LogP contribution in [0, 0.1) is 18.8 Å². The Kier molecular flexibility index (Phi) is 7.08. The number of piperidine rings is 1. The van der Waals surface area contributed by atoms with Gasteiger partial charge in [-0.05, 0) is 37.3 Å². The zero-order valence-electron chi connectivity index (χ0n) is 21.3. The Hall–Kier alpha value is -2.83. The minimum absolute atomic E-state index is 0.0390. The standard InChI is InChI=1S/C25H32N6O4S2/c1-17-12-18(2)14-31(13-17)37(34,35)23-19(3)36-24-22(23)25(33)30(16-27-24)15-21(32)29-10-8-28(9-11-29)20-6-4-5-7-26-20/h4-7,16-18H,8-15H2,1-3H3/t17-,18-/m0/s1. The van der Waals surface area contributed by atoms with Crippen molar-refractivity contribution in [3.63, 3.8) is 0 Å². The van der Waals surface area contributed by atoms with E-state index < -0.39 is 15.6 Å². The molecule has 2 fully saturated rings. The molecule has 2 aliphatic rings. The van der Waals surface area contributed by atoms with Crippen LogP contribution in [0.1, 0.15) is 25.1 Å². The summed E-state index contributed by atoms with van der Waals surface area (Å²) in [6.07, 6.45) is 4.07. The number of aromatic nitrogens is 3. The molecule has 1 amide bonds. The predicted molar refractivity (Wildman–Crippen MR) is 143 cm³/mol. The van der Waals surface area contributed by atoms with Gasteiger partial charge < -0.3 is 9.80 Å². The zero-order chi connectivity index (χ0) is 26.3. The number of aryl methyl sites for hydroxylation is 1. The molecular weight excluding hydrogens is 512 g/mol. The van der Waals surface area contributed by atoms with Crippen molar-refractivity contribution in [1.29, 1.82) is 0 Å². The van der Waals surface area contributed by atoms with Gasteiger partial charge in [0, 0.05) is 50.3 Å².